The SMILES string of the molecule is Fc1ccc(C(Cl)(Cl)Cl)c(Cl)c1Cl. The molecule has 0 aliphatic heterocycles. The number of rotatable bonds is 0. The van der Waals surface area contributed by atoms with Crippen molar-refractivity contribution < 1.29 is 4.39 Å². The lowest BCUT2D eigenvalue weighted by Crippen LogP contribution is -2.01. The summed E-state index contributed by atoms with van der Waals surface area (Å²) in [4.78, 5) is 0. The van der Waals surface area contributed by atoms with E-state index in [0.717, 1.165) is 6.07 Å². The summed E-state index contributed by atoms with van der Waals surface area (Å²) < 4.78 is 11.1. The largest absolute Gasteiger partial charge is 0.217 e. The van der Waals surface area contributed by atoms with E-state index in [2.05, 4.69) is 0 Å². The molecule has 0 radical (unpaired) electrons. The van der Waals surface area contributed by atoms with Gasteiger partial charge in [-0.2, -0.15) is 0 Å². The smallest absolute Gasteiger partial charge is 0.205 e. The minimum absolute atomic E-state index is 0.0818. The standard InChI is InChI=1S/C7H2Cl5F/c8-5-3(7(10,11)12)1-2-4(13)6(5)9/h1-2H. The lowest BCUT2D eigenvalue weighted by atomic mass is 10.2. The van der Waals surface area contributed by atoms with Gasteiger partial charge in [0.05, 0.1) is 10.0 Å². The lowest BCUT2D eigenvalue weighted by Gasteiger charge is -2.13. The molecule has 0 bridgehead atoms. The van der Waals surface area contributed by atoms with Gasteiger partial charge in [-0.25, -0.2) is 4.39 Å². The van der Waals surface area contributed by atoms with Crippen LogP contribution in [-0.4, -0.2) is 0 Å². The first-order valence-corrected chi connectivity index (χ1v) is 4.93. The first-order valence-electron chi connectivity index (χ1n) is 3.04. The molecule has 6 heteroatoms. The Kier molecular flexibility index (Phi) is 3.59. The molecule has 0 aliphatic carbocycles. The summed E-state index contributed by atoms with van der Waals surface area (Å²) in [6.07, 6.45) is 0. The molecule has 0 saturated carbocycles. The van der Waals surface area contributed by atoms with E-state index in [4.69, 9.17) is 58.0 Å². The Hall–Kier alpha value is 0.600. The molecule has 13 heavy (non-hydrogen) atoms. The third-order valence-corrected chi connectivity index (χ3v) is 2.81. The third-order valence-electron chi connectivity index (χ3n) is 1.34. The maximum Gasteiger partial charge on any atom is 0.217 e. The molecule has 0 nitrogen and oxygen atoms in total. The molecule has 0 aromatic heterocycles. The minimum atomic E-state index is -1.70. The molecule has 0 amide bonds. The maximum absolute atomic E-state index is 12.8. The van der Waals surface area contributed by atoms with Crippen molar-refractivity contribution in [3.05, 3.63) is 33.6 Å². The summed E-state index contributed by atoms with van der Waals surface area (Å²) in [5.74, 6) is -0.648. The maximum atomic E-state index is 12.8. The Morgan fingerprint density at radius 1 is 1.00 bits per heavy atom. The molecule has 1 rings (SSSR count). The van der Waals surface area contributed by atoms with Crippen LogP contribution < -0.4 is 0 Å². The molecule has 0 spiro atoms. The normalized spacial score (nSPS) is 11.8. The van der Waals surface area contributed by atoms with Gasteiger partial charge in [0.1, 0.15) is 5.82 Å². The highest BCUT2D eigenvalue weighted by Gasteiger charge is 2.27. The molecule has 1 aromatic rings. The molecule has 1 aromatic carbocycles. The highest BCUT2D eigenvalue weighted by atomic mass is 35.6. The quantitative estimate of drug-likeness (QED) is 0.466. The van der Waals surface area contributed by atoms with Crippen molar-refractivity contribution in [2.24, 2.45) is 0 Å². The van der Waals surface area contributed by atoms with Crippen molar-refractivity contribution in [1.29, 1.82) is 0 Å². The van der Waals surface area contributed by atoms with E-state index < -0.39 is 9.61 Å². The molecule has 0 heterocycles. The fraction of sp³-hybridized carbons (Fsp3) is 0.143. The van der Waals surface area contributed by atoms with Gasteiger partial charge in [-0.15, -0.1) is 0 Å². The second kappa shape index (κ2) is 4.00. The Balaban J connectivity index is 3.35. The Morgan fingerprint density at radius 2 is 1.54 bits per heavy atom. The highest BCUT2D eigenvalue weighted by Crippen LogP contribution is 2.44. The molecular formula is C7H2Cl5F. The van der Waals surface area contributed by atoms with Gasteiger partial charge in [-0.05, 0) is 6.07 Å². The molecule has 0 unspecified atom stereocenters. The van der Waals surface area contributed by atoms with Crippen LogP contribution in [-0.2, 0) is 3.79 Å². The van der Waals surface area contributed by atoms with Crippen LogP contribution in [0.15, 0.2) is 12.1 Å². The van der Waals surface area contributed by atoms with E-state index in [1.54, 1.807) is 0 Å². The van der Waals surface area contributed by atoms with Crippen LogP contribution in [0.5, 0.6) is 0 Å². The van der Waals surface area contributed by atoms with E-state index >= 15 is 0 Å². The van der Waals surface area contributed by atoms with Crippen molar-refractivity contribution in [1.82, 2.24) is 0 Å². The lowest BCUT2D eigenvalue weighted by molar-refractivity contribution is 0.627. The van der Waals surface area contributed by atoms with Gasteiger partial charge in [0.2, 0.25) is 3.79 Å². The zero-order chi connectivity index (χ0) is 10.2. The number of hydrogen-bond donors (Lipinski definition) is 0. The van der Waals surface area contributed by atoms with Gasteiger partial charge < -0.3 is 0 Å². The van der Waals surface area contributed by atoms with Crippen molar-refractivity contribution in [3.63, 3.8) is 0 Å². The van der Waals surface area contributed by atoms with Crippen LogP contribution >= 0.6 is 58.0 Å². The molecule has 72 valence electrons. The zero-order valence-electron chi connectivity index (χ0n) is 5.92. The number of benzene rings is 1. The van der Waals surface area contributed by atoms with E-state index in [0.29, 0.717) is 0 Å². The van der Waals surface area contributed by atoms with Crippen molar-refractivity contribution >= 4 is 58.0 Å². The van der Waals surface area contributed by atoms with Crippen molar-refractivity contribution in [2.75, 3.05) is 0 Å². The molecule has 0 aliphatic rings. The number of alkyl halides is 3. The van der Waals surface area contributed by atoms with Crippen LogP contribution in [0.4, 0.5) is 4.39 Å². The second-order valence-electron chi connectivity index (χ2n) is 2.22. The summed E-state index contributed by atoms with van der Waals surface area (Å²) in [7, 11) is 0. The van der Waals surface area contributed by atoms with E-state index in [1.165, 1.54) is 6.07 Å². The van der Waals surface area contributed by atoms with E-state index in [-0.39, 0.29) is 15.6 Å². The Bertz CT molecular complexity index is 330. The zero-order valence-corrected chi connectivity index (χ0v) is 9.70. The predicted octanol–water partition coefficient (Wildman–Crippen LogP) is 4.96. The first-order chi connectivity index (χ1) is 5.84. The summed E-state index contributed by atoms with van der Waals surface area (Å²) in [5.41, 5.74) is 0.158. The summed E-state index contributed by atoms with van der Waals surface area (Å²) in [6, 6.07) is 2.36. The van der Waals surface area contributed by atoms with E-state index in [1.807, 2.05) is 0 Å². The van der Waals surface area contributed by atoms with Gasteiger partial charge in [0.15, 0.2) is 0 Å². The number of hydrogen-bond acceptors (Lipinski definition) is 0. The molecular weight excluding hydrogens is 280 g/mol. The predicted molar refractivity (Wildman–Crippen MR) is 55.7 cm³/mol. The van der Waals surface area contributed by atoms with E-state index in [9.17, 15) is 4.39 Å². The van der Waals surface area contributed by atoms with Crippen molar-refractivity contribution in [3.8, 4) is 0 Å². The van der Waals surface area contributed by atoms with Gasteiger partial charge >= 0.3 is 0 Å². The van der Waals surface area contributed by atoms with Crippen molar-refractivity contribution in [2.45, 2.75) is 3.79 Å². The van der Waals surface area contributed by atoms with Crippen LogP contribution in [0.25, 0.3) is 0 Å². The van der Waals surface area contributed by atoms with Crippen LogP contribution in [0.3, 0.4) is 0 Å². The van der Waals surface area contributed by atoms with Gasteiger partial charge in [0.25, 0.3) is 0 Å². The Morgan fingerprint density at radius 3 is 2.00 bits per heavy atom. The summed E-state index contributed by atoms with van der Waals surface area (Å²) >= 11 is 27.8. The third kappa shape index (κ3) is 2.54. The van der Waals surface area contributed by atoms with Gasteiger partial charge in [-0.1, -0.05) is 64.1 Å². The topological polar surface area (TPSA) is 0 Å². The molecule has 0 atom stereocenters. The average Bonchev–Trinajstić information content (AvgIpc) is 1.98. The van der Waals surface area contributed by atoms with Crippen LogP contribution in [0.2, 0.25) is 10.0 Å². The van der Waals surface area contributed by atoms with Crippen LogP contribution in [0, 0.1) is 5.82 Å². The monoisotopic (exact) mass is 280 g/mol. The summed E-state index contributed by atoms with van der Waals surface area (Å²) in [5, 5.41) is -0.327. The molecule has 0 fully saturated rings. The minimum Gasteiger partial charge on any atom is -0.205 e. The highest BCUT2D eigenvalue weighted by molar-refractivity contribution is 6.67. The molecule has 0 N–H and O–H groups in total. The van der Waals surface area contributed by atoms with Crippen LogP contribution in [0.1, 0.15) is 5.56 Å². The fourth-order valence-electron chi connectivity index (χ4n) is 0.745. The number of halogens is 6. The van der Waals surface area contributed by atoms with Gasteiger partial charge in [0, 0.05) is 5.56 Å². The average molecular weight is 282 g/mol. The van der Waals surface area contributed by atoms with Gasteiger partial charge in [-0.3, -0.25) is 0 Å². The molecule has 0 saturated heterocycles. The summed E-state index contributed by atoms with van der Waals surface area (Å²) in [6.45, 7) is 0. The fourth-order valence-corrected chi connectivity index (χ4v) is 1.82. The first kappa shape index (κ1) is 11.7. The Labute approximate surface area is 99.5 Å². The second-order valence-corrected chi connectivity index (χ2v) is 5.26.